The highest BCUT2D eigenvalue weighted by molar-refractivity contribution is 7.80. The van der Waals surface area contributed by atoms with E-state index in [1.165, 1.54) is 29.8 Å². The molecular weight excluding hydrogens is 316 g/mol. The number of nitrogens with zero attached hydrogens (tertiary/aromatic N) is 3. The number of aryl methyl sites for hydroxylation is 1. The number of hydrogen-bond acceptors (Lipinski definition) is 2. The molecule has 1 aliphatic heterocycles. The maximum absolute atomic E-state index is 5.62. The van der Waals surface area contributed by atoms with E-state index in [0.29, 0.717) is 6.04 Å². The van der Waals surface area contributed by atoms with E-state index in [1.807, 2.05) is 18.3 Å². The molecule has 2 aromatic heterocycles. The number of aromatic nitrogens is 2. The van der Waals surface area contributed by atoms with Crippen LogP contribution in [-0.2, 0) is 0 Å². The van der Waals surface area contributed by atoms with Gasteiger partial charge >= 0.3 is 0 Å². The zero-order valence-electron chi connectivity index (χ0n) is 14.5. The van der Waals surface area contributed by atoms with Crippen LogP contribution in [0.4, 0.5) is 0 Å². The van der Waals surface area contributed by atoms with Crippen molar-refractivity contribution in [2.45, 2.75) is 51.7 Å². The van der Waals surface area contributed by atoms with Crippen LogP contribution in [0.3, 0.4) is 0 Å². The maximum atomic E-state index is 5.62. The second-order valence-corrected chi connectivity index (χ2v) is 7.23. The molecule has 2 aliphatic rings. The van der Waals surface area contributed by atoms with Gasteiger partial charge in [-0.1, -0.05) is 6.07 Å². The van der Waals surface area contributed by atoms with Crippen LogP contribution in [0.5, 0.6) is 0 Å². The summed E-state index contributed by atoms with van der Waals surface area (Å²) < 4.78 is 2.51. The quantitative estimate of drug-likeness (QED) is 0.858. The lowest BCUT2D eigenvalue weighted by molar-refractivity contribution is 0.329. The SMILES string of the molecule is CCN1C(=S)N[C@@H](c2ccccn2)[C@H]1c1cc(C)n(C2CC2)c1C. The lowest BCUT2D eigenvalue weighted by Gasteiger charge is -2.27. The molecule has 24 heavy (non-hydrogen) atoms. The molecule has 3 heterocycles. The summed E-state index contributed by atoms with van der Waals surface area (Å²) in [5.41, 5.74) is 5.17. The number of thiocarbonyl (C=S) groups is 1. The molecule has 2 aromatic rings. The summed E-state index contributed by atoms with van der Waals surface area (Å²) >= 11 is 5.62. The van der Waals surface area contributed by atoms with E-state index >= 15 is 0 Å². The molecule has 0 bridgehead atoms. The third kappa shape index (κ3) is 2.42. The van der Waals surface area contributed by atoms with Crippen molar-refractivity contribution in [2.24, 2.45) is 0 Å². The standard InChI is InChI=1S/C19H24N4S/c1-4-22-18(15-11-12(2)23(13(15)3)14-8-9-14)17(21-19(22)24)16-7-5-6-10-20-16/h5-7,10-11,14,17-18H,4,8-9H2,1-3H3,(H,21,24)/t17-,18+/m0/s1. The third-order valence-corrected chi connectivity index (χ3v) is 5.64. The maximum Gasteiger partial charge on any atom is 0.170 e. The van der Waals surface area contributed by atoms with Crippen LogP contribution in [0.15, 0.2) is 30.5 Å². The summed E-state index contributed by atoms with van der Waals surface area (Å²) in [6.07, 6.45) is 4.47. The van der Waals surface area contributed by atoms with Gasteiger partial charge in [0.05, 0.1) is 17.8 Å². The number of rotatable bonds is 4. The monoisotopic (exact) mass is 340 g/mol. The molecule has 0 radical (unpaired) electrons. The van der Waals surface area contributed by atoms with Gasteiger partial charge in [-0.3, -0.25) is 4.98 Å². The fourth-order valence-corrected chi connectivity index (χ4v) is 4.45. The molecule has 1 N–H and O–H groups in total. The van der Waals surface area contributed by atoms with Gasteiger partial charge in [0.2, 0.25) is 0 Å². The van der Waals surface area contributed by atoms with Gasteiger partial charge in [0.15, 0.2) is 5.11 Å². The predicted molar refractivity (Wildman–Crippen MR) is 100 cm³/mol. The number of likely N-dealkylation sites (N-methyl/N-ethyl adjacent to an activating group) is 1. The molecule has 1 aliphatic carbocycles. The number of hydrogen-bond donors (Lipinski definition) is 1. The van der Waals surface area contributed by atoms with Crippen molar-refractivity contribution in [3.8, 4) is 0 Å². The Kier molecular flexibility index (Phi) is 3.83. The average Bonchev–Trinajstić information content (AvgIpc) is 3.29. The van der Waals surface area contributed by atoms with E-state index < -0.39 is 0 Å². The van der Waals surface area contributed by atoms with Gasteiger partial charge in [-0.25, -0.2) is 0 Å². The second kappa shape index (κ2) is 5.88. The lowest BCUT2D eigenvalue weighted by Crippen LogP contribution is -2.29. The van der Waals surface area contributed by atoms with Gasteiger partial charge in [0.1, 0.15) is 0 Å². The largest absolute Gasteiger partial charge is 0.352 e. The molecule has 4 rings (SSSR count). The molecule has 1 saturated carbocycles. The second-order valence-electron chi connectivity index (χ2n) is 6.84. The molecule has 2 fully saturated rings. The van der Waals surface area contributed by atoms with E-state index in [-0.39, 0.29) is 12.1 Å². The topological polar surface area (TPSA) is 33.1 Å². The fraction of sp³-hybridized carbons (Fsp3) is 0.474. The number of pyridine rings is 1. The molecule has 0 aromatic carbocycles. The van der Waals surface area contributed by atoms with Gasteiger partial charge < -0.3 is 14.8 Å². The Morgan fingerprint density at radius 3 is 2.71 bits per heavy atom. The highest BCUT2D eigenvalue weighted by atomic mass is 32.1. The minimum atomic E-state index is 0.104. The molecule has 5 heteroatoms. The van der Waals surface area contributed by atoms with Crippen LogP contribution in [0.25, 0.3) is 0 Å². The van der Waals surface area contributed by atoms with E-state index in [4.69, 9.17) is 12.2 Å². The average molecular weight is 340 g/mol. The summed E-state index contributed by atoms with van der Waals surface area (Å²) in [4.78, 5) is 6.89. The van der Waals surface area contributed by atoms with Crippen molar-refractivity contribution in [3.05, 3.63) is 53.1 Å². The van der Waals surface area contributed by atoms with Gasteiger partial charge in [-0.2, -0.15) is 0 Å². The Morgan fingerprint density at radius 2 is 2.08 bits per heavy atom. The fourth-order valence-electron chi connectivity index (χ4n) is 4.08. The van der Waals surface area contributed by atoms with E-state index in [2.05, 4.69) is 52.7 Å². The van der Waals surface area contributed by atoms with Crippen molar-refractivity contribution in [3.63, 3.8) is 0 Å². The van der Waals surface area contributed by atoms with E-state index in [9.17, 15) is 0 Å². The summed E-state index contributed by atoms with van der Waals surface area (Å²) in [5, 5.41) is 4.33. The van der Waals surface area contributed by atoms with Crippen LogP contribution < -0.4 is 5.32 Å². The summed E-state index contributed by atoms with van der Waals surface area (Å²) in [7, 11) is 0. The van der Waals surface area contributed by atoms with Gasteiger partial charge in [0, 0.05) is 30.2 Å². The first kappa shape index (κ1) is 15.6. The Bertz CT molecular complexity index is 763. The van der Waals surface area contributed by atoms with Crippen molar-refractivity contribution in [1.82, 2.24) is 19.8 Å². The van der Waals surface area contributed by atoms with Crippen molar-refractivity contribution in [2.75, 3.05) is 6.54 Å². The van der Waals surface area contributed by atoms with Gasteiger partial charge in [0.25, 0.3) is 0 Å². The molecule has 4 nitrogen and oxygen atoms in total. The molecule has 126 valence electrons. The van der Waals surface area contributed by atoms with Crippen molar-refractivity contribution in [1.29, 1.82) is 0 Å². The first-order valence-corrected chi connectivity index (χ1v) is 9.19. The Morgan fingerprint density at radius 1 is 1.29 bits per heavy atom. The molecule has 0 spiro atoms. The van der Waals surface area contributed by atoms with Gasteiger partial charge in [-0.05, 0) is 69.6 Å². The Hall–Kier alpha value is -1.88. The van der Waals surface area contributed by atoms with Crippen LogP contribution in [0.1, 0.15) is 60.5 Å². The first-order valence-electron chi connectivity index (χ1n) is 8.78. The molecule has 0 unspecified atom stereocenters. The van der Waals surface area contributed by atoms with Crippen LogP contribution in [0.2, 0.25) is 0 Å². The van der Waals surface area contributed by atoms with E-state index in [1.54, 1.807) is 0 Å². The Balaban J connectivity index is 1.80. The van der Waals surface area contributed by atoms with E-state index in [0.717, 1.165) is 17.4 Å². The summed E-state index contributed by atoms with van der Waals surface area (Å²) in [6, 6.07) is 9.46. The highest BCUT2D eigenvalue weighted by Gasteiger charge is 2.41. The molecule has 2 atom stereocenters. The zero-order chi connectivity index (χ0) is 16.8. The first-order chi connectivity index (χ1) is 11.6. The lowest BCUT2D eigenvalue weighted by atomic mass is 9.97. The minimum Gasteiger partial charge on any atom is -0.352 e. The molecule has 0 amide bonds. The number of nitrogens with one attached hydrogen (secondary N) is 1. The summed E-state index contributed by atoms with van der Waals surface area (Å²) in [5.74, 6) is 0. The third-order valence-electron chi connectivity index (χ3n) is 5.29. The smallest absolute Gasteiger partial charge is 0.170 e. The highest BCUT2D eigenvalue weighted by Crippen LogP contribution is 2.44. The Labute approximate surface area is 148 Å². The summed E-state index contributed by atoms with van der Waals surface area (Å²) in [6.45, 7) is 7.54. The van der Waals surface area contributed by atoms with Crippen LogP contribution in [-0.4, -0.2) is 26.1 Å². The predicted octanol–water partition coefficient (Wildman–Crippen LogP) is 3.83. The van der Waals surface area contributed by atoms with Crippen molar-refractivity contribution >= 4 is 17.3 Å². The zero-order valence-corrected chi connectivity index (χ0v) is 15.3. The normalized spacial score (nSPS) is 23.6. The van der Waals surface area contributed by atoms with Gasteiger partial charge in [-0.15, -0.1) is 0 Å². The minimum absolute atomic E-state index is 0.104. The van der Waals surface area contributed by atoms with Crippen LogP contribution >= 0.6 is 12.2 Å². The molecular formula is C19H24N4S. The van der Waals surface area contributed by atoms with Crippen LogP contribution in [0, 0.1) is 13.8 Å². The van der Waals surface area contributed by atoms with Crippen molar-refractivity contribution < 1.29 is 0 Å². The molecule has 1 saturated heterocycles.